The lowest BCUT2D eigenvalue weighted by atomic mass is 10.0. The minimum Gasteiger partial charge on any atom is -0.478 e. The van der Waals surface area contributed by atoms with Gasteiger partial charge in [0.05, 0.1) is 11.3 Å². The van der Waals surface area contributed by atoms with E-state index in [2.05, 4.69) is 0 Å². The lowest BCUT2D eigenvalue weighted by molar-refractivity contribution is 0.0697. The first kappa shape index (κ1) is 14.1. The highest BCUT2D eigenvalue weighted by molar-refractivity contribution is 7.94. The van der Waals surface area contributed by atoms with E-state index in [-0.39, 0.29) is 9.77 Å². The van der Waals surface area contributed by atoms with Crippen molar-refractivity contribution < 1.29 is 18.3 Å². The molecule has 0 atom stereocenters. The zero-order valence-electron chi connectivity index (χ0n) is 11.0. The van der Waals surface area contributed by atoms with Gasteiger partial charge < -0.3 is 5.11 Å². The molecule has 0 amide bonds. The summed E-state index contributed by atoms with van der Waals surface area (Å²) in [6, 6.07) is 8.64. The maximum Gasteiger partial charge on any atom is 0.336 e. The number of carbonyl (C=O) groups is 1. The first-order valence-electron chi connectivity index (χ1n) is 6.42. The molecule has 1 N–H and O–H groups in total. The summed E-state index contributed by atoms with van der Waals surface area (Å²) in [5.41, 5.74) is 1.69. The summed E-state index contributed by atoms with van der Waals surface area (Å²) in [7, 11) is -3.70. The highest BCUT2D eigenvalue weighted by atomic mass is 32.2. The SMILES string of the molecule is O=C(O)c1csc(S(=O)(=O)N2CCCc3ccccc32)c1. The highest BCUT2D eigenvalue weighted by Crippen LogP contribution is 2.33. The van der Waals surface area contributed by atoms with Crippen molar-refractivity contribution in [2.45, 2.75) is 17.1 Å². The predicted octanol–water partition coefficient (Wildman–Crippen LogP) is 2.59. The van der Waals surface area contributed by atoms with Gasteiger partial charge in [0.1, 0.15) is 4.21 Å². The molecule has 0 saturated heterocycles. The number of sulfonamides is 1. The van der Waals surface area contributed by atoms with Crippen LogP contribution in [0.1, 0.15) is 22.3 Å². The molecule has 0 spiro atoms. The first-order valence-corrected chi connectivity index (χ1v) is 8.74. The topological polar surface area (TPSA) is 74.7 Å². The van der Waals surface area contributed by atoms with Crippen LogP contribution in [0.4, 0.5) is 5.69 Å². The monoisotopic (exact) mass is 323 g/mol. The van der Waals surface area contributed by atoms with Crippen molar-refractivity contribution in [2.24, 2.45) is 0 Å². The Bertz CT molecular complexity index is 795. The number of benzene rings is 1. The lowest BCUT2D eigenvalue weighted by Crippen LogP contribution is -2.35. The standard InChI is InChI=1S/C14H13NO4S2/c16-14(17)11-8-13(20-9-11)21(18,19)15-7-3-5-10-4-1-2-6-12(10)15/h1-2,4,6,8-9H,3,5,7H2,(H,16,17). The van der Waals surface area contributed by atoms with E-state index in [9.17, 15) is 13.2 Å². The molecule has 0 saturated carbocycles. The number of anilines is 1. The number of rotatable bonds is 3. The van der Waals surface area contributed by atoms with Crippen molar-refractivity contribution in [3.05, 3.63) is 46.8 Å². The number of carboxylic acid groups (broad SMARTS) is 1. The molecule has 2 aromatic rings. The summed E-state index contributed by atoms with van der Waals surface area (Å²) in [6.07, 6.45) is 1.61. The smallest absolute Gasteiger partial charge is 0.336 e. The summed E-state index contributed by atoms with van der Waals surface area (Å²) < 4.78 is 26.9. The van der Waals surface area contributed by atoms with Gasteiger partial charge in [-0.15, -0.1) is 11.3 Å². The molecule has 0 unspecified atom stereocenters. The Balaban J connectivity index is 2.05. The molecule has 1 aliphatic rings. The van der Waals surface area contributed by atoms with E-state index >= 15 is 0 Å². The van der Waals surface area contributed by atoms with Crippen LogP contribution >= 0.6 is 11.3 Å². The minimum absolute atomic E-state index is 0.00358. The Morgan fingerprint density at radius 3 is 2.76 bits per heavy atom. The Labute approximate surface area is 126 Å². The number of hydrogen-bond acceptors (Lipinski definition) is 4. The first-order chi connectivity index (χ1) is 10.00. The quantitative estimate of drug-likeness (QED) is 0.942. The number of fused-ring (bicyclic) bond motifs is 1. The van der Waals surface area contributed by atoms with Gasteiger partial charge in [-0.2, -0.15) is 0 Å². The molecular weight excluding hydrogens is 310 g/mol. The number of aromatic carboxylic acids is 1. The molecule has 0 fully saturated rings. The van der Waals surface area contributed by atoms with Crippen LogP contribution in [-0.4, -0.2) is 26.0 Å². The van der Waals surface area contributed by atoms with E-state index in [4.69, 9.17) is 5.11 Å². The van der Waals surface area contributed by atoms with Crippen molar-refractivity contribution in [3.63, 3.8) is 0 Å². The number of para-hydroxylation sites is 1. The van der Waals surface area contributed by atoms with Gasteiger partial charge in [0.25, 0.3) is 10.0 Å². The molecule has 21 heavy (non-hydrogen) atoms. The maximum atomic E-state index is 12.7. The Morgan fingerprint density at radius 2 is 2.05 bits per heavy atom. The van der Waals surface area contributed by atoms with E-state index in [1.807, 2.05) is 18.2 Å². The van der Waals surface area contributed by atoms with E-state index in [0.717, 1.165) is 29.7 Å². The lowest BCUT2D eigenvalue weighted by Gasteiger charge is -2.29. The van der Waals surface area contributed by atoms with E-state index in [1.54, 1.807) is 6.07 Å². The molecule has 7 heteroatoms. The third-order valence-electron chi connectivity index (χ3n) is 3.43. The summed E-state index contributed by atoms with van der Waals surface area (Å²) >= 11 is 0.943. The van der Waals surface area contributed by atoms with Crippen molar-refractivity contribution in [1.29, 1.82) is 0 Å². The van der Waals surface area contributed by atoms with Crippen molar-refractivity contribution in [1.82, 2.24) is 0 Å². The Kier molecular flexibility index (Phi) is 3.46. The molecule has 110 valence electrons. The second-order valence-electron chi connectivity index (χ2n) is 4.77. The van der Waals surface area contributed by atoms with Crippen LogP contribution in [0.15, 0.2) is 39.9 Å². The van der Waals surface area contributed by atoms with Gasteiger partial charge in [-0.3, -0.25) is 4.31 Å². The Morgan fingerprint density at radius 1 is 1.29 bits per heavy atom. The Hall–Kier alpha value is -1.86. The third kappa shape index (κ3) is 2.43. The molecule has 1 aliphatic heterocycles. The molecule has 5 nitrogen and oxygen atoms in total. The normalized spacial score (nSPS) is 14.8. The van der Waals surface area contributed by atoms with E-state index < -0.39 is 16.0 Å². The van der Waals surface area contributed by atoms with Crippen LogP contribution in [0.3, 0.4) is 0 Å². The zero-order chi connectivity index (χ0) is 15.0. The van der Waals surface area contributed by atoms with Crippen molar-refractivity contribution in [3.8, 4) is 0 Å². The van der Waals surface area contributed by atoms with E-state index in [1.165, 1.54) is 15.8 Å². The molecule has 2 heterocycles. The second-order valence-corrected chi connectivity index (χ2v) is 7.77. The van der Waals surface area contributed by atoms with Gasteiger partial charge in [0.15, 0.2) is 0 Å². The molecule has 1 aromatic heterocycles. The summed E-state index contributed by atoms with van der Waals surface area (Å²) in [5, 5.41) is 10.3. The van der Waals surface area contributed by atoms with Crippen LogP contribution in [0, 0.1) is 0 Å². The van der Waals surface area contributed by atoms with Crippen LogP contribution in [0.2, 0.25) is 0 Å². The minimum atomic E-state index is -3.70. The predicted molar refractivity (Wildman–Crippen MR) is 80.6 cm³/mol. The average Bonchev–Trinajstić information content (AvgIpc) is 2.97. The highest BCUT2D eigenvalue weighted by Gasteiger charge is 2.30. The average molecular weight is 323 g/mol. The van der Waals surface area contributed by atoms with Crippen molar-refractivity contribution >= 4 is 33.0 Å². The van der Waals surface area contributed by atoms with Crippen LogP contribution in [0.5, 0.6) is 0 Å². The molecule has 3 rings (SSSR count). The molecule has 0 radical (unpaired) electrons. The van der Waals surface area contributed by atoms with Crippen LogP contribution in [0.25, 0.3) is 0 Å². The third-order valence-corrected chi connectivity index (χ3v) is 6.66. The number of nitrogens with zero attached hydrogens (tertiary/aromatic N) is 1. The molecule has 0 aliphatic carbocycles. The number of aryl methyl sites for hydroxylation is 1. The van der Waals surface area contributed by atoms with Gasteiger partial charge in [0, 0.05) is 11.9 Å². The molecule has 1 aromatic carbocycles. The van der Waals surface area contributed by atoms with Gasteiger partial charge in [-0.25, -0.2) is 13.2 Å². The van der Waals surface area contributed by atoms with Gasteiger partial charge in [-0.1, -0.05) is 18.2 Å². The number of thiophene rings is 1. The maximum absolute atomic E-state index is 12.7. The largest absolute Gasteiger partial charge is 0.478 e. The van der Waals surface area contributed by atoms with Crippen LogP contribution < -0.4 is 4.31 Å². The summed E-state index contributed by atoms with van der Waals surface area (Å²) in [4.78, 5) is 10.9. The molecule has 0 bridgehead atoms. The van der Waals surface area contributed by atoms with Crippen LogP contribution in [-0.2, 0) is 16.4 Å². The van der Waals surface area contributed by atoms with Crippen molar-refractivity contribution in [2.75, 3.05) is 10.8 Å². The number of carboxylic acids is 1. The van der Waals surface area contributed by atoms with Gasteiger partial charge >= 0.3 is 5.97 Å². The second kappa shape index (κ2) is 5.16. The summed E-state index contributed by atoms with van der Waals surface area (Å²) in [6.45, 7) is 0.416. The fourth-order valence-corrected chi connectivity index (χ4v) is 5.23. The van der Waals surface area contributed by atoms with Gasteiger partial charge in [-0.05, 0) is 30.5 Å². The molecular formula is C14H13NO4S2. The fourth-order valence-electron chi connectivity index (χ4n) is 2.42. The number of hydrogen-bond donors (Lipinski definition) is 1. The van der Waals surface area contributed by atoms with E-state index in [0.29, 0.717) is 12.2 Å². The van der Waals surface area contributed by atoms with Gasteiger partial charge in [0.2, 0.25) is 0 Å². The fraction of sp³-hybridized carbons (Fsp3) is 0.214. The zero-order valence-corrected chi connectivity index (χ0v) is 12.7. The summed E-state index contributed by atoms with van der Waals surface area (Å²) in [5.74, 6) is -1.12.